The molecule has 0 amide bonds. The molecule has 1 rings (SSSR count). The van der Waals surface area contributed by atoms with E-state index in [1.54, 1.807) is 11.8 Å². The Kier molecular flexibility index (Phi) is 12.0. The molecule has 0 fully saturated rings. The van der Waals surface area contributed by atoms with E-state index in [2.05, 4.69) is 4.74 Å². The second kappa shape index (κ2) is 13.9. The number of hydrogen-bond donors (Lipinski definition) is 1. The molecule has 2 N–H and O–H groups in total. The van der Waals surface area contributed by atoms with Gasteiger partial charge < -0.3 is 24.7 Å². The lowest BCUT2D eigenvalue weighted by Crippen LogP contribution is -2.33. The zero-order valence-electron chi connectivity index (χ0n) is 14.4. The highest BCUT2D eigenvalue weighted by Gasteiger charge is 2.13. The van der Waals surface area contributed by atoms with Gasteiger partial charge in [-0.1, -0.05) is 12.1 Å². The molecule has 6 nitrogen and oxygen atoms in total. The van der Waals surface area contributed by atoms with Crippen molar-refractivity contribution in [3.63, 3.8) is 0 Å². The van der Waals surface area contributed by atoms with Gasteiger partial charge in [0.1, 0.15) is 25.1 Å². The smallest absolute Gasteiger partial charge is 0.323 e. The molecule has 0 aromatic heterocycles. The molecule has 0 aliphatic heterocycles. The summed E-state index contributed by atoms with van der Waals surface area (Å²) in [5, 5.41) is 0. The molecule has 0 aliphatic carbocycles. The van der Waals surface area contributed by atoms with Crippen LogP contribution < -0.4 is 10.5 Å². The maximum atomic E-state index is 11.8. The Hall–Kier alpha value is -1.35. The van der Waals surface area contributed by atoms with Crippen LogP contribution in [0.2, 0.25) is 0 Å². The number of carbonyl (C=O) groups is 1. The van der Waals surface area contributed by atoms with Crippen LogP contribution in [0, 0.1) is 0 Å². The lowest BCUT2D eigenvalue weighted by atomic mass is 10.2. The first-order valence-corrected chi connectivity index (χ1v) is 9.17. The highest BCUT2D eigenvalue weighted by Crippen LogP contribution is 2.18. The molecule has 142 valence electrons. The van der Waals surface area contributed by atoms with Gasteiger partial charge in [0, 0.05) is 11.5 Å². The predicted molar refractivity (Wildman–Crippen MR) is 95.7 cm³/mol. The Morgan fingerprint density at radius 3 is 2.64 bits per heavy atom. The van der Waals surface area contributed by atoms with E-state index in [1.165, 1.54) is 7.11 Å². The van der Waals surface area contributed by atoms with Crippen LogP contribution in [0.4, 0.5) is 4.39 Å². The van der Waals surface area contributed by atoms with Gasteiger partial charge in [0.05, 0.1) is 33.5 Å². The van der Waals surface area contributed by atoms with Gasteiger partial charge in [0.2, 0.25) is 0 Å². The number of methoxy groups -OCH3 is 1. The summed E-state index contributed by atoms with van der Waals surface area (Å²) in [7, 11) is 1.33. The lowest BCUT2D eigenvalue weighted by molar-refractivity contribution is -0.141. The molecule has 0 saturated carbocycles. The van der Waals surface area contributed by atoms with Crippen LogP contribution in [0.25, 0.3) is 0 Å². The molecule has 1 aromatic rings. The minimum Gasteiger partial charge on any atom is -0.491 e. The van der Waals surface area contributed by atoms with Gasteiger partial charge in [-0.3, -0.25) is 4.79 Å². The number of nitrogens with two attached hydrogens (primary N) is 1. The second-order valence-corrected chi connectivity index (χ2v) is 6.08. The third-order valence-electron chi connectivity index (χ3n) is 3.06. The highest BCUT2D eigenvalue weighted by molar-refractivity contribution is 7.98. The molecule has 0 heterocycles. The largest absolute Gasteiger partial charge is 0.491 e. The average Bonchev–Trinajstić information content (AvgIpc) is 2.63. The predicted octanol–water partition coefficient (Wildman–Crippen LogP) is 1.80. The van der Waals surface area contributed by atoms with Crippen molar-refractivity contribution in [2.24, 2.45) is 5.73 Å². The number of alkyl halides is 1. The number of halogens is 1. The standard InChI is InChI=1S/C17H26FNO5S/c1-21-17(20)16(19)13-25-12-14-3-2-4-15(11-14)24-10-9-23-8-7-22-6-5-18/h2-4,11,16H,5-10,12-13,19H2,1H3/t16-/m1/s1. The normalized spacial score (nSPS) is 12.0. The number of hydrogen-bond acceptors (Lipinski definition) is 7. The van der Waals surface area contributed by atoms with Crippen LogP contribution in [-0.4, -0.2) is 64.6 Å². The molecular weight excluding hydrogens is 349 g/mol. The minimum absolute atomic E-state index is 0.106. The van der Waals surface area contributed by atoms with Gasteiger partial charge >= 0.3 is 5.97 Å². The molecule has 0 unspecified atom stereocenters. The van der Waals surface area contributed by atoms with E-state index in [-0.39, 0.29) is 6.61 Å². The van der Waals surface area contributed by atoms with Crippen LogP contribution in [0.15, 0.2) is 24.3 Å². The van der Waals surface area contributed by atoms with Gasteiger partial charge in [-0.25, -0.2) is 4.39 Å². The Bertz CT molecular complexity index is 492. The molecule has 0 saturated heterocycles. The Morgan fingerprint density at radius 2 is 1.92 bits per heavy atom. The highest BCUT2D eigenvalue weighted by atomic mass is 32.2. The topological polar surface area (TPSA) is 80.0 Å². The zero-order valence-corrected chi connectivity index (χ0v) is 15.3. The van der Waals surface area contributed by atoms with Crippen molar-refractivity contribution >= 4 is 17.7 Å². The van der Waals surface area contributed by atoms with Gasteiger partial charge in [0.15, 0.2) is 0 Å². The number of benzene rings is 1. The van der Waals surface area contributed by atoms with Gasteiger partial charge in [0.25, 0.3) is 0 Å². The van der Waals surface area contributed by atoms with E-state index in [1.807, 2.05) is 24.3 Å². The molecule has 0 spiro atoms. The summed E-state index contributed by atoms with van der Waals surface area (Å²) in [6, 6.07) is 7.11. The zero-order chi connectivity index (χ0) is 18.3. The molecular formula is C17H26FNO5S. The van der Waals surface area contributed by atoms with Crippen molar-refractivity contribution in [3.05, 3.63) is 29.8 Å². The fourth-order valence-electron chi connectivity index (χ4n) is 1.84. The molecule has 25 heavy (non-hydrogen) atoms. The minimum atomic E-state index is -0.611. The fourth-order valence-corrected chi connectivity index (χ4v) is 2.77. The van der Waals surface area contributed by atoms with Crippen LogP contribution in [-0.2, 0) is 24.8 Å². The molecule has 1 aromatic carbocycles. The molecule has 8 heteroatoms. The Morgan fingerprint density at radius 1 is 1.20 bits per heavy atom. The lowest BCUT2D eigenvalue weighted by Gasteiger charge is -2.10. The molecule has 0 aliphatic rings. The van der Waals surface area contributed by atoms with Crippen LogP contribution in [0.5, 0.6) is 5.75 Å². The van der Waals surface area contributed by atoms with E-state index >= 15 is 0 Å². The third kappa shape index (κ3) is 10.3. The van der Waals surface area contributed by atoms with Gasteiger partial charge in [-0.2, -0.15) is 11.8 Å². The van der Waals surface area contributed by atoms with E-state index in [4.69, 9.17) is 19.9 Å². The van der Waals surface area contributed by atoms with Crippen molar-refractivity contribution in [1.29, 1.82) is 0 Å². The second-order valence-electron chi connectivity index (χ2n) is 5.05. The van der Waals surface area contributed by atoms with Crippen molar-refractivity contribution < 1.29 is 28.1 Å². The van der Waals surface area contributed by atoms with E-state index < -0.39 is 18.7 Å². The summed E-state index contributed by atoms with van der Waals surface area (Å²) >= 11 is 1.56. The monoisotopic (exact) mass is 375 g/mol. The number of thioether (sulfide) groups is 1. The molecule has 0 bridgehead atoms. The van der Waals surface area contributed by atoms with Crippen LogP contribution in [0.3, 0.4) is 0 Å². The first kappa shape index (κ1) is 21.7. The summed E-state index contributed by atoms with van der Waals surface area (Å²) < 4.78 is 32.3. The Labute approximate surface area is 152 Å². The van der Waals surface area contributed by atoms with Crippen molar-refractivity contribution in [1.82, 2.24) is 0 Å². The third-order valence-corrected chi connectivity index (χ3v) is 4.19. The Balaban J connectivity index is 2.18. The maximum Gasteiger partial charge on any atom is 0.323 e. The van der Waals surface area contributed by atoms with E-state index in [0.29, 0.717) is 32.2 Å². The van der Waals surface area contributed by atoms with Gasteiger partial charge in [-0.15, -0.1) is 0 Å². The first-order valence-electron chi connectivity index (χ1n) is 8.01. The van der Waals surface area contributed by atoms with E-state index in [9.17, 15) is 9.18 Å². The summed E-state index contributed by atoms with van der Waals surface area (Å²) in [6.07, 6.45) is 0. The average molecular weight is 375 g/mol. The van der Waals surface area contributed by atoms with Crippen molar-refractivity contribution in [2.75, 3.05) is 52.6 Å². The fraction of sp³-hybridized carbons (Fsp3) is 0.588. The SMILES string of the molecule is COC(=O)[C@H](N)CSCc1cccc(OCCOCCOCCF)c1. The number of carbonyl (C=O) groups excluding carboxylic acids is 1. The van der Waals surface area contributed by atoms with Gasteiger partial charge in [-0.05, 0) is 17.7 Å². The van der Waals surface area contributed by atoms with Crippen LogP contribution in [0.1, 0.15) is 5.56 Å². The first-order chi connectivity index (χ1) is 12.2. The molecule has 0 radical (unpaired) electrons. The number of esters is 1. The maximum absolute atomic E-state index is 11.8. The van der Waals surface area contributed by atoms with Crippen molar-refractivity contribution in [2.45, 2.75) is 11.8 Å². The molecule has 1 atom stereocenters. The van der Waals surface area contributed by atoms with Crippen molar-refractivity contribution in [3.8, 4) is 5.75 Å². The summed E-state index contributed by atoms with van der Waals surface area (Å²) in [4.78, 5) is 11.2. The van der Waals surface area contributed by atoms with E-state index in [0.717, 1.165) is 17.1 Å². The number of ether oxygens (including phenoxy) is 4. The summed E-state index contributed by atoms with van der Waals surface area (Å²) in [5.41, 5.74) is 6.78. The number of rotatable bonds is 14. The summed E-state index contributed by atoms with van der Waals surface area (Å²) in [6.45, 7) is 1.28. The van der Waals surface area contributed by atoms with Crippen LogP contribution >= 0.6 is 11.8 Å². The summed E-state index contributed by atoms with van der Waals surface area (Å²) in [5.74, 6) is 1.58. The quantitative estimate of drug-likeness (QED) is 0.392.